The number of rotatable bonds is 5. The van der Waals surface area contributed by atoms with Gasteiger partial charge in [-0.05, 0) is 25.3 Å². The predicted octanol–water partition coefficient (Wildman–Crippen LogP) is 0.277. The number of aliphatic hydroxyl groups is 1. The van der Waals surface area contributed by atoms with E-state index in [2.05, 4.69) is 9.84 Å². The highest BCUT2D eigenvalue weighted by molar-refractivity contribution is 5.74. The van der Waals surface area contributed by atoms with Crippen molar-refractivity contribution in [1.29, 1.82) is 0 Å². The van der Waals surface area contributed by atoms with Gasteiger partial charge in [-0.1, -0.05) is 0 Å². The molecule has 1 N–H and O–H groups in total. The minimum absolute atomic E-state index is 0.294. The number of ether oxygens (including phenoxy) is 1. The maximum Gasteiger partial charge on any atom is 0.334 e. The second-order valence-corrected chi connectivity index (χ2v) is 3.33. The first kappa shape index (κ1) is 11.7. The average Bonchev–Trinajstić information content (AvgIpc) is 2.61. The molecule has 0 spiro atoms. The largest absolute Gasteiger partial charge is 0.464 e. The van der Waals surface area contributed by atoms with Gasteiger partial charge in [0.1, 0.15) is 0 Å². The molecule has 84 valence electrons. The lowest BCUT2D eigenvalue weighted by Crippen LogP contribution is -2.23. The molecule has 1 rings (SSSR count). The predicted molar refractivity (Wildman–Crippen MR) is 54.2 cm³/mol. The number of aromatic nitrogens is 2. The zero-order chi connectivity index (χ0) is 11.3. The van der Waals surface area contributed by atoms with Gasteiger partial charge in [0.15, 0.2) is 6.10 Å². The molecule has 1 aromatic rings. The second kappa shape index (κ2) is 5.50. The molecular formula is C10H16N2O3. The van der Waals surface area contributed by atoms with Crippen molar-refractivity contribution < 1.29 is 14.6 Å². The molecule has 0 saturated carbocycles. The van der Waals surface area contributed by atoms with E-state index in [1.54, 1.807) is 17.8 Å². The second-order valence-electron chi connectivity index (χ2n) is 3.33. The van der Waals surface area contributed by atoms with Crippen LogP contribution < -0.4 is 0 Å². The van der Waals surface area contributed by atoms with Crippen LogP contribution in [0, 0.1) is 0 Å². The standard InChI is InChI=1S/C10H16N2O3/c1-3-15-10(14)9(13)5-4-8-6-11-12(2)7-8/h6-7,9,13H,3-5H2,1-2H3. The van der Waals surface area contributed by atoms with Crippen molar-refractivity contribution in [2.24, 2.45) is 7.05 Å². The summed E-state index contributed by atoms with van der Waals surface area (Å²) >= 11 is 0. The first-order valence-corrected chi connectivity index (χ1v) is 4.95. The Bertz CT molecular complexity index is 322. The normalized spacial score (nSPS) is 12.5. The van der Waals surface area contributed by atoms with E-state index in [4.69, 9.17) is 0 Å². The highest BCUT2D eigenvalue weighted by Gasteiger charge is 2.15. The third-order valence-electron chi connectivity index (χ3n) is 2.02. The Morgan fingerprint density at radius 3 is 3.00 bits per heavy atom. The van der Waals surface area contributed by atoms with Crippen molar-refractivity contribution in [1.82, 2.24) is 9.78 Å². The Hall–Kier alpha value is -1.36. The zero-order valence-electron chi connectivity index (χ0n) is 9.01. The molecule has 1 atom stereocenters. The Kier molecular flexibility index (Phi) is 4.30. The number of esters is 1. The number of hydrogen-bond donors (Lipinski definition) is 1. The smallest absolute Gasteiger partial charge is 0.334 e. The molecule has 1 aromatic heterocycles. The molecule has 0 bridgehead atoms. The summed E-state index contributed by atoms with van der Waals surface area (Å²) in [4.78, 5) is 11.1. The number of hydrogen-bond acceptors (Lipinski definition) is 4. The van der Waals surface area contributed by atoms with Gasteiger partial charge in [0.25, 0.3) is 0 Å². The van der Waals surface area contributed by atoms with Crippen molar-refractivity contribution in [3.8, 4) is 0 Å². The summed E-state index contributed by atoms with van der Waals surface area (Å²) in [5.74, 6) is -0.554. The quantitative estimate of drug-likeness (QED) is 0.712. The fourth-order valence-corrected chi connectivity index (χ4v) is 1.26. The number of nitrogens with zero attached hydrogens (tertiary/aromatic N) is 2. The molecule has 0 fully saturated rings. The summed E-state index contributed by atoms with van der Waals surface area (Å²) in [5, 5.41) is 13.4. The van der Waals surface area contributed by atoms with E-state index in [1.807, 2.05) is 13.2 Å². The lowest BCUT2D eigenvalue weighted by atomic mass is 10.1. The van der Waals surface area contributed by atoms with Gasteiger partial charge in [0.05, 0.1) is 12.8 Å². The van der Waals surface area contributed by atoms with E-state index < -0.39 is 12.1 Å². The van der Waals surface area contributed by atoms with Crippen LogP contribution in [0.3, 0.4) is 0 Å². The van der Waals surface area contributed by atoms with Gasteiger partial charge in [-0.25, -0.2) is 4.79 Å². The highest BCUT2D eigenvalue weighted by Crippen LogP contribution is 2.05. The van der Waals surface area contributed by atoms with E-state index in [0.29, 0.717) is 19.4 Å². The topological polar surface area (TPSA) is 64.3 Å². The maximum absolute atomic E-state index is 11.1. The number of aryl methyl sites for hydroxylation is 2. The molecule has 5 heteroatoms. The van der Waals surface area contributed by atoms with Crippen molar-refractivity contribution >= 4 is 5.97 Å². The number of aliphatic hydroxyl groups excluding tert-OH is 1. The molecule has 0 radical (unpaired) electrons. The molecule has 0 aliphatic heterocycles. The SMILES string of the molecule is CCOC(=O)C(O)CCc1cnn(C)c1. The summed E-state index contributed by atoms with van der Waals surface area (Å²) in [5.41, 5.74) is 1.00. The van der Waals surface area contributed by atoms with Crippen LogP contribution in [0.15, 0.2) is 12.4 Å². The number of carbonyl (C=O) groups is 1. The van der Waals surface area contributed by atoms with Gasteiger partial charge in [0, 0.05) is 13.2 Å². The third-order valence-corrected chi connectivity index (χ3v) is 2.02. The molecule has 0 saturated heterocycles. The Labute approximate surface area is 88.7 Å². The minimum Gasteiger partial charge on any atom is -0.464 e. The Balaban J connectivity index is 2.33. The van der Waals surface area contributed by atoms with Gasteiger partial charge in [-0.15, -0.1) is 0 Å². The summed E-state index contributed by atoms with van der Waals surface area (Å²) in [6.07, 6.45) is 3.53. The van der Waals surface area contributed by atoms with Crippen LogP contribution in [0.1, 0.15) is 18.9 Å². The van der Waals surface area contributed by atoms with Crippen molar-refractivity contribution in [3.05, 3.63) is 18.0 Å². The highest BCUT2D eigenvalue weighted by atomic mass is 16.5. The summed E-state index contributed by atoms with van der Waals surface area (Å²) < 4.78 is 6.37. The van der Waals surface area contributed by atoms with Crippen molar-refractivity contribution in [2.45, 2.75) is 25.9 Å². The Morgan fingerprint density at radius 1 is 1.73 bits per heavy atom. The fraction of sp³-hybridized carbons (Fsp3) is 0.600. The lowest BCUT2D eigenvalue weighted by Gasteiger charge is -2.08. The molecule has 5 nitrogen and oxygen atoms in total. The number of carbonyl (C=O) groups excluding carboxylic acids is 1. The fourth-order valence-electron chi connectivity index (χ4n) is 1.26. The summed E-state index contributed by atoms with van der Waals surface area (Å²) in [6, 6.07) is 0. The minimum atomic E-state index is -1.04. The Morgan fingerprint density at radius 2 is 2.47 bits per heavy atom. The molecule has 15 heavy (non-hydrogen) atoms. The van der Waals surface area contributed by atoms with Gasteiger partial charge < -0.3 is 9.84 Å². The third kappa shape index (κ3) is 3.71. The molecule has 0 aromatic carbocycles. The van der Waals surface area contributed by atoms with E-state index in [1.165, 1.54) is 0 Å². The molecule has 1 unspecified atom stereocenters. The van der Waals surface area contributed by atoms with E-state index >= 15 is 0 Å². The maximum atomic E-state index is 11.1. The lowest BCUT2D eigenvalue weighted by molar-refractivity contribution is -0.153. The van der Waals surface area contributed by atoms with E-state index in [0.717, 1.165) is 5.56 Å². The average molecular weight is 212 g/mol. The molecular weight excluding hydrogens is 196 g/mol. The van der Waals surface area contributed by atoms with Crippen LogP contribution >= 0.6 is 0 Å². The first-order chi connectivity index (χ1) is 7.13. The van der Waals surface area contributed by atoms with Crippen LogP contribution in [0.25, 0.3) is 0 Å². The van der Waals surface area contributed by atoms with Crippen molar-refractivity contribution in [3.63, 3.8) is 0 Å². The van der Waals surface area contributed by atoms with Gasteiger partial charge in [-0.3, -0.25) is 4.68 Å². The molecule has 0 amide bonds. The molecule has 1 heterocycles. The molecule has 0 aliphatic carbocycles. The van der Waals surface area contributed by atoms with Gasteiger partial charge in [0.2, 0.25) is 0 Å². The van der Waals surface area contributed by atoms with Gasteiger partial charge >= 0.3 is 5.97 Å². The van der Waals surface area contributed by atoms with Crippen LogP contribution in [0.4, 0.5) is 0 Å². The van der Waals surface area contributed by atoms with Crippen LogP contribution in [0.5, 0.6) is 0 Å². The first-order valence-electron chi connectivity index (χ1n) is 4.95. The van der Waals surface area contributed by atoms with E-state index in [-0.39, 0.29) is 0 Å². The van der Waals surface area contributed by atoms with Crippen molar-refractivity contribution in [2.75, 3.05) is 6.61 Å². The summed E-state index contributed by atoms with van der Waals surface area (Å²) in [6.45, 7) is 2.01. The van der Waals surface area contributed by atoms with Crippen LogP contribution in [-0.4, -0.2) is 33.6 Å². The molecule has 0 aliphatic rings. The monoisotopic (exact) mass is 212 g/mol. The van der Waals surface area contributed by atoms with E-state index in [9.17, 15) is 9.90 Å². The van der Waals surface area contributed by atoms with Gasteiger partial charge in [-0.2, -0.15) is 5.10 Å². The summed E-state index contributed by atoms with van der Waals surface area (Å²) in [7, 11) is 1.82. The van der Waals surface area contributed by atoms with Crippen LogP contribution in [-0.2, 0) is 23.0 Å². The zero-order valence-corrected chi connectivity index (χ0v) is 9.01. The van der Waals surface area contributed by atoms with Crippen LogP contribution in [0.2, 0.25) is 0 Å².